The Morgan fingerprint density at radius 2 is 1.67 bits per heavy atom. The Balaban J connectivity index is 1.15. The van der Waals surface area contributed by atoms with Gasteiger partial charge >= 0.3 is 0 Å². The lowest BCUT2D eigenvalue weighted by Crippen LogP contribution is -2.20. The van der Waals surface area contributed by atoms with Crippen LogP contribution in [0.1, 0.15) is 32.6 Å². The number of anilines is 3. The first-order valence-corrected chi connectivity index (χ1v) is 16.0. The summed E-state index contributed by atoms with van der Waals surface area (Å²) in [5, 5.41) is 13.0. The molecule has 5 rings (SSSR count). The summed E-state index contributed by atoms with van der Waals surface area (Å²) in [6, 6.07) is 24.5. The Bertz CT molecular complexity index is 1890. The summed E-state index contributed by atoms with van der Waals surface area (Å²) in [5.74, 6) is 0.113. The molecule has 0 saturated carbocycles. The van der Waals surface area contributed by atoms with Gasteiger partial charge in [0.1, 0.15) is 0 Å². The number of nitrogens with one attached hydrogen (secondary N) is 3. The maximum atomic E-state index is 12.7. The molecule has 0 saturated heterocycles. The van der Waals surface area contributed by atoms with E-state index >= 15 is 0 Å². The van der Waals surface area contributed by atoms with E-state index in [4.69, 9.17) is 9.47 Å². The zero-order valence-corrected chi connectivity index (χ0v) is 28.1. The van der Waals surface area contributed by atoms with E-state index in [1.807, 2.05) is 80.7 Å². The molecule has 0 atom stereocenters. The number of carbonyl (C=O) groups is 2. The number of aromatic nitrogens is 1. The number of hydrazone groups is 1. The van der Waals surface area contributed by atoms with Crippen LogP contribution in [0.15, 0.2) is 93.8 Å². The van der Waals surface area contributed by atoms with Crippen molar-refractivity contribution in [2.75, 3.05) is 24.4 Å². The number of hydrogen-bond acceptors (Lipinski definition) is 8. The fraction of sp³-hybridized carbons (Fsp3) is 0.143. The summed E-state index contributed by atoms with van der Waals surface area (Å²) in [5.41, 5.74) is 10.5. The van der Waals surface area contributed by atoms with Crippen LogP contribution in [-0.2, 0) is 4.79 Å². The normalized spacial score (nSPS) is 10.9. The lowest BCUT2D eigenvalue weighted by atomic mass is 10.1. The predicted molar refractivity (Wildman–Crippen MR) is 188 cm³/mol. The molecule has 2 amide bonds. The van der Waals surface area contributed by atoms with Crippen molar-refractivity contribution in [1.29, 1.82) is 0 Å². The van der Waals surface area contributed by atoms with Gasteiger partial charge in [-0.15, -0.1) is 11.3 Å². The minimum absolute atomic E-state index is 0.210. The van der Waals surface area contributed by atoms with Gasteiger partial charge in [0.15, 0.2) is 23.2 Å². The summed E-state index contributed by atoms with van der Waals surface area (Å²) >= 11 is 5.00. The van der Waals surface area contributed by atoms with Crippen LogP contribution >= 0.6 is 27.3 Å². The average Bonchev–Trinajstić information content (AvgIpc) is 3.51. The van der Waals surface area contributed by atoms with Crippen molar-refractivity contribution in [3.8, 4) is 22.8 Å². The molecule has 0 aliphatic carbocycles. The van der Waals surface area contributed by atoms with E-state index in [9.17, 15) is 9.59 Å². The number of carbonyl (C=O) groups excluding carboxylic acids is 2. The van der Waals surface area contributed by atoms with E-state index in [0.29, 0.717) is 32.8 Å². The van der Waals surface area contributed by atoms with Gasteiger partial charge in [0.2, 0.25) is 0 Å². The Hall–Kier alpha value is -5.00. The first kappa shape index (κ1) is 32.4. The third-order valence-corrected chi connectivity index (χ3v) is 8.37. The molecule has 5 aromatic rings. The number of ether oxygens (including phenoxy) is 2. The monoisotopic (exact) mass is 697 g/mol. The topological polar surface area (TPSA) is 114 Å². The smallest absolute Gasteiger partial charge is 0.271 e. The molecule has 0 fully saturated rings. The minimum atomic E-state index is -0.358. The van der Waals surface area contributed by atoms with E-state index in [-0.39, 0.29) is 18.4 Å². The lowest BCUT2D eigenvalue weighted by Gasteiger charge is -2.14. The van der Waals surface area contributed by atoms with Crippen molar-refractivity contribution in [2.24, 2.45) is 5.10 Å². The Morgan fingerprint density at radius 1 is 0.935 bits per heavy atom. The van der Waals surface area contributed by atoms with Gasteiger partial charge in [-0.1, -0.05) is 35.9 Å². The van der Waals surface area contributed by atoms with Gasteiger partial charge in [-0.05, 0) is 102 Å². The molecule has 0 bridgehead atoms. The molecule has 1 heterocycles. The third-order valence-electron chi connectivity index (χ3n) is 7.02. The molecule has 0 unspecified atom stereocenters. The molecule has 0 radical (unpaired) electrons. The van der Waals surface area contributed by atoms with Crippen LogP contribution in [0.25, 0.3) is 11.3 Å². The van der Waals surface area contributed by atoms with Crippen LogP contribution < -0.4 is 25.5 Å². The van der Waals surface area contributed by atoms with E-state index in [2.05, 4.69) is 42.1 Å². The van der Waals surface area contributed by atoms with Crippen LogP contribution in [0.5, 0.6) is 11.5 Å². The second-order valence-corrected chi connectivity index (χ2v) is 12.2. The van der Waals surface area contributed by atoms with Gasteiger partial charge in [-0.3, -0.25) is 9.59 Å². The van der Waals surface area contributed by atoms with Crippen LogP contribution in [0, 0.1) is 20.8 Å². The maximum absolute atomic E-state index is 12.7. The first-order valence-electron chi connectivity index (χ1n) is 14.3. The van der Waals surface area contributed by atoms with Crippen LogP contribution in [-0.4, -0.2) is 36.7 Å². The largest absolute Gasteiger partial charge is 0.493 e. The molecule has 11 heteroatoms. The predicted octanol–water partition coefficient (Wildman–Crippen LogP) is 8.03. The highest BCUT2D eigenvalue weighted by Crippen LogP contribution is 2.36. The van der Waals surface area contributed by atoms with Crippen molar-refractivity contribution >= 4 is 61.8 Å². The van der Waals surface area contributed by atoms with Gasteiger partial charge < -0.3 is 20.1 Å². The Morgan fingerprint density at radius 3 is 2.39 bits per heavy atom. The second-order valence-electron chi connectivity index (χ2n) is 10.5. The molecule has 234 valence electrons. The van der Waals surface area contributed by atoms with Crippen molar-refractivity contribution < 1.29 is 19.1 Å². The second kappa shape index (κ2) is 14.9. The standard InChI is InChI=1S/C35H32BrN5O4S/c1-21-5-12-27(13-6-21)39-35-40-30(20-46-35)25-8-10-26(11-9-25)34(43)41-37-18-24-16-29(36)33(31(17-24)44-4)45-19-32(42)38-28-14-7-22(2)23(3)15-28/h5-18,20H,19H2,1-4H3,(H,38,42)(H,39,40)(H,41,43)/b37-18+. The Labute approximate surface area is 279 Å². The van der Waals surface area contributed by atoms with E-state index in [0.717, 1.165) is 33.2 Å². The van der Waals surface area contributed by atoms with Crippen molar-refractivity contribution in [3.05, 3.63) is 117 Å². The van der Waals surface area contributed by atoms with Gasteiger partial charge in [0.25, 0.3) is 11.8 Å². The van der Waals surface area contributed by atoms with Crippen molar-refractivity contribution in [2.45, 2.75) is 20.8 Å². The first-order chi connectivity index (χ1) is 22.2. The molecule has 0 aliphatic heterocycles. The number of amides is 2. The van der Waals surface area contributed by atoms with Crippen LogP contribution in [0.2, 0.25) is 0 Å². The highest BCUT2D eigenvalue weighted by Gasteiger charge is 2.14. The fourth-order valence-corrected chi connectivity index (χ4v) is 5.67. The SMILES string of the molecule is COc1cc(/C=N/NC(=O)c2ccc(-c3csc(Nc4ccc(C)cc4)n3)cc2)cc(Br)c1OCC(=O)Nc1ccc(C)c(C)c1. The highest BCUT2D eigenvalue weighted by atomic mass is 79.9. The zero-order valence-electron chi connectivity index (χ0n) is 25.7. The summed E-state index contributed by atoms with van der Waals surface area (Å²) in [4.78, 5) is 29.9. The zero-order chi connectivity index (χ0) is 32.6. The molecule has 3 N–H and O–H groups in total. The quantitative estimate of drug-likeness (QED) is 0.0951. The number of rotatable bonds is 11. The number of aryl methyl sites for hydroxylation is 3. The summed E-state index contributed by atoms with van der Waals surface area (Å²) in [6.07, 6.45) is 1.49. The number of thiazole rings is 1. The number of nitrogens with zero attached hydrogens (tertiary/aromatic N) is 2. The number of benzene rings is 4. The number of methoxy groups -OCH3 is 1. The number of hydrogen-bond donors (Lipinski definition) is 3. The molecular weight excluding hydrogens is 666 g/mol. The summed E-state index contributed by atoms with van der Waals surface area (Å²) in [7, 11) is 1.50. The lowest BCUT2D eigenvalue weighted by molar-refractivity contribution is -0.118. The minimum Gasteiger partial charge on any atom is -0.493 e. The van der Waals surface area contributed by atoms with E-state index in [1.54, 1.807) is 24.3 Å². The molecule has 1 aromatic heterocycles. The third kappa shape index (κ3) is 8.38. The van der Waals surface area contributed by atoms with Crippen LogP contribution in [0.4, 0.5) is 16.5 Å². The van der Waals surface area contributed by atoms with Gasteiger partial charge in [0, 0.05) is 27.9 Å². The van der Waals surface area contributed by atoms with Crippen molar-refractivity contribution in [3.63, 3.8) is 0 Å². The fourth-order valence-electron chi connectivity index (χ4n) is 4.35. The molecule has 0 aliphatic rings. The average molecular weight is 699 g/mol. The van der Waals surface area contributed by atoms with Crippen LogP contribution in [0.3, 0.4) is 0 Å². The molecule has 4 aromatic carbocycles. The highest BCUT2D eigenvalue weighted by molar-refractivity contribution is 9.10. The summed E-state index contributed by atoms with van der Waals surface area (Å²) in [6.45, 7) is 5.84. The van der Waals surface area contributed by atoms with Gasteiger partial charge in [-0.2, -0.15) is 5.10 Å². The number of halogens is 1. The van der Waals surface area contributed by atoms with Gasteiger partial charge in [-0.25, -0.2) is 10.4 Å². The summed E-state index contributed by atoms with van der Waals surface area (Å²) < 4.78 is 11.8. The molecule has 46 heavy (non-hydrogen) atoms. The van der Waals surface area contributed by atoms with Crippen molar-refractivity contribution in [1.82, 2.24) is 10.4 Å². The maximum Gasteiger partial charge on any atom is 0.271 e. The van der Waals surface area contributed by atoms with E-state index in [1.165, 1.54) is 30.2 Å². The molecule has 0 spiro atoms. The van der Waals surface area contributed by atoms with Gasteiger partial charge in [0.05, 0.1) is 23.5 Å². The molecular formula is C35H32BrN5O4S. The Kier molecular flexibility index (Phi) is 10.5. The van der Waals surface area contributed by atoms with E-state index < -0.39 is 0 Å². The molecule has 9 nitrogen and oxygen atoms in total.